The molecule has 0 aliphatic heterocycles. The molecule has 0 aliphatic rings. The molecular formula is C22H18FN3O5S. The highest BCUT2D eigenvalue weighted by molar-refractivity contribution is 7.92. The Hall–Kier alpha value is -3.92. The van der Waals surface area contributed by atoms with Crippen LogP contribution in [0.15, 0.2) is 76.1 Å². The number of hydrogen-bond donors (Lipinski definition) is 2. The number of rotatable bonds is 7. The minimum atomic E-state index is -4.01. The van der Waals surface area contributed by atoms with Gasteiger partial charge in [0.1, 0.15) is 17.3 Å². The molecule has 0 radical (unpaired) electrons. The van der Waals surface area contributed by atoms with Gasteiger partial charge in [-0.25, -0.2) is 12.8 Å². The van der Waals surface area contributed by atoms with E-state index in [2.05, 4.69) is 15.2 Å². The molecule has 0 unspecified atom stereocenters. The van der Waals surface area contributed by atoms with Crippen molar-refractivity contribution in [2.75, 3.05) is 17.1 Å². The summed E-state index contributed by atoms with van der Waals surface area (Å²) in [5.41, 5.74) is 1.53. The highest BCUT2D eigenvalue weighted by Gasteiger charge is 2.18. The van der Waals surface area contributed by atoms with Crippen LogP contribution in [0.4, 0.5) is 15.8 Å². The maximum Gasteiger partial charge on any atom is 0.262 e. The van der Waals surface area contributed by atoms with E-state index in [1.54, 1.807) is 12.1 Å². The number of sulfonamides is 1. The first kappa shape index (κ1) is 21.3. The molecule has 2 N–H and O–H groups in total. The summed E-state index contributed by atoms with van der Waals surface area (Å²) in [7, 11) is -2.62. The number of fused-ring (bicyclic) bond motifs is 1. The number of hydrogen-bond acceptors (Lipinski definition) is 6. The van der Waals surface area contributed by atoms with Crippen LogP contribution in [0.5, 0.6) is 5.75 Å². The zero-order valence-corrected chi connectivity index (χ0v) is 17.6. The van der Waals surface area contributed by atoms with Gasteiger partial charge in [0.05, 0.1) is 24.1 Å². The Bertz CT molecular complexity index is 1380. The fourth-order valence-corrected chi connectivity index (χ4v) is 4.17. The zero-order chi connectivity index (χ0) is 22.7. The molecule has 3 aromatic carbocycles. The molecule has 0 fully saturated rings. The van der Waals surface area contributed by atoms with Gasteiger partial charge >= 0.3 is 0 Å². The van der Waals surface area contributed by atoms with Crippen molar-refractivity contribution in [3.63, 3.8) is 0 Å². The topological polar surface area (TPSA) is 111 Å². The van der Waals surface area contributed by atoms with Crippen molar-refractivity contribution in [1.29, 1.82) is 0 Å². The Kier molecular flexibility index (Phi) is 5.78. The maximum atomic E-state index is 13.1. The van der Waals surface area contributed by atoms with E-state index in [1.165, 1.54) is 19.2 Å². The van der Waals surface area contributed by atoms with E-state index in [0.717, 1.165) is 29.7 Å². The van der Waals surface area contributed by atoms with Gasteiger partial charge in [-0.15, -0.1) is 0 Å². The van der Waals surface area contributed by atoms with Crippen molar-refractivity contribution in [3.8, 4) is 5.75 Å². The number of anilines is 2. The summed E-state index contributed by atoms with van der Waals surface area (Å²) in [4.78, 5) is 12.4. The Morgan fingerprint density at radius 2 is 1.84 bits per heavy atom. The summed E-state index contributed by atoms with van der Waals surface area (Å²) in [6.07, 6.45) is -0.0281. The van der Waals surface area contributed by atoms with Crippen molar-refractivity contribution in [2.45, 2.75) is 11.3 Å². The molecule has 4 rings (SSSR count). The smallest absolute Gasteiger partial charge is 0.262 e. The average Bonchev–Trinajstić information content (AvgIpc) is 3.17. The number of nitrogens with zero attached hydrogens (tertiary/aromatic N) is 1. The summed E-state index contributed by atoms with van der Waals surface area (Å²) in [5.74, 6) is -0.663. The van der Waals surface area contributed by atoms with E-state index >= 15 is 0 Å². The molecule has 0 spiro atoms. The minimum absolute atomic E-state index is 0.0281. The van der Waals surface area contributed by atoms with Crippen LogP contribution in [0.3, 0.4) is 0 Å². The van der Waals surface area contributed by atoms with Gasteiger partial charge in [0, 0.05) is 11.1 Å². The first-order chi connectivity index (χ1) is 15.4. The third-order valence-corrected chi connectivity index (χ3v) is 6.01. The fourth-order valence-electron chi connectivity index (χ4n) is 3.11. The Morgan fingerprint density at radius 1 is 1.09 bits per heavy atom. The predicted molar refractivity (Wildman–Crippen MR) is 117 cm³/mol. The van der Waals surface area contributed by atoms with E-state index in [1.807, 2.05) is 18.2 Å². The summed E-state index contributed by atoms with van der Waals surface area (Å²) in [6.45, 7) is 0. The number of benzene rings is 3. The van der Waals surface area contributed by atoms with Crippen molar-refractivity contribution >= 4 is 38.3 Å². The summed E-state index contributed by atoms with van der Waals surface area (Å²) >= 11 is 0. The van der Waals surface area contributed by atoms with Crippen LogP contribution in [0, 0.1) is 5.82 Å². The molecule has 1 aromatic heterocycles. The largest absolute Gasteiger partial charge is 0.495 e. The Balaban J connectivity index is 1.53. The fraction of sp³-hybridized carbons (Fsp3) is 0.0909. The number of amides is 1. The van der Waals surface area contributed by atoms with E-state index in [0.29, 0.717) is 17.0 Å². The monoisotopic (exact) mass is 455 g/mol. The minimum Gasteiger partial charge on any atom is -0.495 e. The number of carbonyl (C=O) groups excluding carboxylic acids is 1. The third-order valence-electron chi connectivity index (χ3n) is 4.63. The van der Waals surface area contributed by atoms with Crippen LogP contribution in [0.25, 0.3) is 11.0 Å². The normalized spacial score (nSPS) is 11.3. The highest BCUT2D eigenvalue weighted by atomic mass is 32.2. The second-order valence-corrected chi connectivity index (χ2v) is 8.51. The molecule has 0 bridgehead atoms. The van der Waals surface area contributed by atoms with Gasteiger partial charge in [0.2, 0.25) is 5.91 Å². The van der Waals surface area contributed by atoms with Crippen LogP contribution in [-0.2, 0) is 21.2 Å². The number of carbonyl (C=O) groups is 1. The van der Waals surface area contributed by atoms with E-state index in [-0.39, 0.29) is 28.7 Å². The lowest BCUT2D eigenvalue weighted by Crippen LogP contribution is -2.16. The van der Waals surface area contributed by atoms with Crippen LogP contribution in [-0.4, -0.2) is 26.6 Å². The molecule has 0 saturated carbocycles. The lowest BCUT2D eigenvalue weighted by Gasteiger charge is -2.14. The second kappa shape index (κ2) is 8.67. The lowest BCUT2D eigenvalue weighted by molar-refractivity contribution is -0.115. The molecular weight excluding hydrogens is 437 g/mol. The van der Waals surface area contributed by atoms with E-state index < -0.39 is 15.8 Å². The van der Waals surface area contributed by atoms with Crippen LogP contribution < -0.4 is 14.8 Å². The third kappa shape index (κ3) is 4.54. The summed E-state index contributed by atoms with van der Waals surface area (Å²) in [6, 6.07) is 16.1. The standard InChI is InChI=1S/C22H18FN3O5S/c1-30-21-11-8-15(12-19(21)26-32(28,29)16-9-6-14(23)7-10-16)24-22(27)13-18-17-4-2-3-5-20(17)31-25-18/h2-12,26H,13H2,1H3,(H,24,27). The van der Waals surface area contributed by atoms with Gasteiger partial charge in [0.25, 0.3) is 10.0 Å². The lowest BCUT2D eigenvalue weighted by atomic mass is 10.1. The van der Waals surface area contributed by atoms with Gasteiger partial charge in [-0.2, -0.15) is 0 Å². The quantitative estimate of drug-likeness (QED) is 0.437. The summed E-state index contributed by atoms with van der Waals surface area (Å²) in [5, 5.41) is 7.39. The first-order valence-electron chi connectivity index (χ1n) is 9.45. The number of nitrogens with one attached hydrogen (secondary N) is 2. The molecule has 10 heteroatoms. The molecule has 1 amide bonds. The second-order valence-electron chi connectivity index (χ2n) is 6.82. The molecule has 0 saturated heterocycles. The molecule has 8 nitrogen and oxygen atoms in total. The van der Waals surface area contributed by atoms with Gasteiger partial charge in [-0.3, -0.25) is 9.52 Å². The van der Waals surface area contributed by atoms with E-state index in [9.17, 15) is 17.6 Å². The van der Waals surface area contributed by atoms with E-state index in [4.69, 9.17) is 9.26 Å². The average molecular weight is 455 g/mol. The SMILES string of the molecule is COc1ccc(NC(=O)Cc2noc3ccccc23)cc1NS(=O)(=O)c1ccc(F)cc1. The maximum absolute atomic E-state index is 13.1. The van der Waals surface area contributed by atoms with Crippen molar-refractivity contribution in [1.82, 2.24) is 5.16 Å². The van der Waals surface area contributed by atoms with Crippen molar-refractivity contribution in [3.05, 3.63) is 78.2 Å². The van der Waals surface area contributed by atoms with Gasteiger partial charge < -0.3 is 14.6 Å². The Labute approximate surface area is 183 Å². The zero-order valence-electron chi connectivity index (χ0n) is 16.8. The van der Waals surface area contributed by atoms with Gasteiger partial charge in [-0.1, -0.05) is 17.3 Å². The molecule has 164 valence electrons. The molecule has 1 heterocycles. The molecule has 32 heavy (non-hydrogen) atoms. The molecule has 0 atom stereocenters. The molecule has 0 aliphatic carbocycles. The molecule has 4 aromatic rings. The van der Waals surface area contributed by atoms with Crippen molar-refractivity contribution < 1.29 is 26.9 Å². The highest BCUT2D eigenvalue weighted by Crippen LogP contribution is 2.30. The summed E-state index contributed by atoms with van der Waals surface area (Å²) < 4.78 is 51.3. The number of ether oxygens (including phenoxy) is 1. The van der Waals surface area contributed by atoms with Crippen molar-refractivity contribution in [2.24, 2.45) is 0 Å². The van der Waals surface area contributed by atoms with Gasteiger partial charge in [-0.05, 0) is 54.6 Å². The van der Waals surface area contributed by atoms with Crippen LogP contribution >= 0.6 is 0 Å². The number of halogens is 1. The first-order valence-corrected chi connectivity index (χ1v) is 10.9. The number of methoxy groups -OCH3 is 1. The Morgan fingerprint density at radius 3 is 2.59 bits per heavy atom. The number of para-hydroxylation sites is 1. The van der Waals surface area contributed by atoms with Crippen LogP contribution in [0.1, 0.15) is 5.69 Å². The van der Waals surface area contributed by atoms with Gasteiger partial charge in [0.15, 0.2) is 5.58 Å². The van der Waals surface area contributed by atoms with Crippen LogP contribution in [0.2, 0.25) is 0 Å². The number of aromatic nitrogens is 1. The predicted octanol–water partition coefficient (Wildman–Crippen LogP) is 3.96.